The summed E-state index contributed by atoms with van der Waals surface area (Å²) < 4.78 is 74.3. The Labute approximate surface area is 198 Å². The summed E-state index contributed by atoms with van der Waals surface area (Å²) in [6.07, 6.45) is -4.50. The van der Waals surface area contributed by atoms with E-state index in [-0.39, 0.29) is 6.54 Å². The summed E-state index contributed by atoms with van der Waals surface area (Å²) in [6, 6.07) is 18.0. The van der Waals surface area contributed by atoms with Crippen LogP contribution in [-0.2, 0) is 16.4 Å². The van der Waals surface area contributed by atoms with Gasteiger partial charge < -0.3 is 9.64 Å². The molecule has 5 rings (SSSR count). The van der Waals surface area contributed by atoms with Crippen LogP contribution in [0.2, 0.25) is 5.02 Å². The number of nitrogens with zero attached hydrogens (tertiary/aromatic N) is 1. The van der Waals surface area contributed by atoms with Crippen molar-refractivity contribution in [1.82, 2.24) is 14.8 Å². The lowest BCUT2D eigenvalue weighted by Gasteiger charge is -2.47. The maximum absolute atomic E-state index is 13.3. The second kappa shape index (κ2) is 8.14. The molecule has 0 radical (unpaired) electrons. The SMILES string of the molecule is O=S1(=O)NC2(NCC(c3cccc(C(F)(F)F)c3)N2c2ccc(Oc3ccc(Cl)cc3)cc2)N1. The van der Waals surface area contributed by atoms with Gasteiger partial charge in [0.05, 0.1) is 11.6 Å². The average molecular weight is 511 g/mol. The molecule has 2 saturated heterocycles. The lowest BCUT2D eigenvalue weighted by molar-refractivity contribution is -0.137. The van der Waals surface area contributed by atoms with Crippen LogP contribution in [0.25, 0.3) is 0 Å². The Kier molecular flexibility index (Phi) is 5.49. The zero-order chi connectivity index (χ0) is 24.1. The molecule has 3 N–H and O–H groups in total. The maximum atomic E-state index is 13.3. The summed E-state index contributed by atoms with van der Waals surface area (Å²) in [5.41, 5.74) is 0.166. The van der Waals surface area contributed by atoms with Gasteiger partial charge in [-0.25, -0.2) is 0 Å². The van der Waals surface area contributed by atoms with Crippen LogP contribution >= 0.6 is 11.6 Å². The molecule has 12 heteroatoms. The molecule has 2 heterocycles. The number of alkyl halides is 3. The summed E-state index contributed by atoms with van der Waals surface area (Å²) in [5, 5.41) is 3.61. The summed E-state index contributed by atoms with van der Waals surface area (Å²) in [7, 11) is -3.72. The van der Waals surface area contributed by atoms with Gasteiger partial charge in [-0.3, -0.25) is 5.32 Å². The number of halogens is 4. The molecule has 0 saturated carbocycles. The predicted molar refractivity (Wildman–Crippen MR) is 121 cm³/mol. The smallest absolute Gasteiger partial charge is 0.416 e. The first-order valence-electron chi connectivity index (χ1n) is 10.1. The highest BCUT2D eigenvalue weighted by Crippen LogP contribution is 2.40. The third-order valence-electron chi connectivity index (χ3n) is 5.55. The normalized spacial score (nSPS) is 20.8. The van der Waals surface area contributed by atoms with Crippen molar-refractivity contribution >= 4 is 27.5 Å². The van der Waals surface area contributed by atoms with Crippen molar-refractivity contribution in [3.8, 4) is 11.5 Å². The highest BCUT2D eigenvalue weighted by atomic mass is 35.5. The summed E-state index contributed by atoms with van der Waals surface area (Å²) >= 11 is 5.89. The highest BCUT2D eigenvalue weighted by Gasteiger charge is 2.58. The predicted octanol–water partition coefficient (Wildman–Crippen LogP) is 4.35. The Balaban J connectivity index is 1.47. The summed E-state index contributed by atoms with van der Waals surface area (Å²) in [6.45, 7) is 0.194. The van der Waals surface area contributed by atoms with E-state index in [0.29, 0.717) is 27.8 Å². The molecule has 1 atom stereocenters. The number of rotatable bonds is 4. The summed E-state index contributed by atoms with van der Waals surface area (Å²) in [4.78, 5) is 1.66. The third-order valence-corrected chi connectivity index (χ3v) is 6.93. The molecule has 3 aromatic rings. The van der Waals surface area contributed by atoms with Crippen molar-refractivity contribution in [3.63, 3.8) is 0 Å². The van der Waals surface area contributed by atoms with Crippen molar-refractivity contribution in [2.24, 2.45) is 0 Å². The van der Waals surface area contributed by atoms with E-state index in [2.05, 4.69) is 14.8 Å². The van der Waals surface area contributed by atoms with Gasteiger partial charge in [0.25, 0.3) is 10.2 Å². The van der Waals surface area contributed by atoms with Crippen molar-refractivity contribution in [2.75, 3.05) is 11.4 Å². The van der Waals surface area contributed by atoms with Crippen LogP contribution in [0.1, 0.15) is 17.2 Å². The molecule has 0 amide bonds. The van der Waals surface area contributed by atoms with Gasteiger partial charge in [0.15, 0.2) is 0 Å². The van der Waals surface area contributed by atoms with Crippen LogP contribution in [0, 0.1) is 0 Å². The molecule has 2 aliphatic heterocycles. The van der Waals surface area contributed by atoms with E-state index >= 15 is 0 Å². The Morgan fingerprint density at radius 1 is 0.971 bits per heavy atom. The van der Waals surface area contributed by atoms with E-state index in [1.807, 2.05) is 0 Å². The van der Waals surface area contributed by atoms with Gasteiger partial charge >= 0.3 is 6.18 Å². The van der Waals surface area contributed by atoms with Crippen LogP contribution in [0.4, 0.5) is 18.9 Å². The molecule has 34 heavy (non-hydrogen) atoms. The first-order valence-corrected chi connectivity index (χ1v) is 12.0. The van der Waals surface area contributed by atoms with Gasteiger partial charge in [-0.15, -0.1) is 9.44 Å². The zero-order valence-corrected chi connectivity index (χ0v) is 18.9. The molecule has 0 bridgehead atoms. The van der Waals surface area contributed by atoms with E-state index in [4.69, 9.17) is 16.3 Å². The minimum atomic E-state index is -4.50. The van der Waals surface area contributed by atoms with E-state index in [1.165, 1.54) is 6.07 Å². The molecule has 2 fully saturated rings. The molecular formula is C22H18ClF3N4O3S. The Morgan fingerprint density at radius 3 is 2.18 bits per heavy atom. The lowest BCUT2D eigenvalue weighted by atomic mass is 10.0. The molecule has 1 spiro atoms. The average Bonchev–Trinajstić information content (AvgIpc) is 3.14. The van der Waals surface area contributed by atoms with Crippen LogP contribution in [0.15, 0.2) is 72.8 Å². The monoisotopic (exact) mass is 510 g/mol. The van der Waals surface area contributed by atoms with E-state index in [0.717, 1.165) is 12.1 Å². The van der Waals surface area contributed by atoms with E-state index in [1.54, 1.807) is 59.5 Å². The molecule has 0 aromatic heterocycles. The Bertz CT molecular complexity index is 1310. The molecule has 2 aliphatic rings. The minimum absolute atomic E-state index is 0.194. The molecule has 1 unspecified atom stereocenters. The topological polar surface area (TPSA) is 82.7 Å². The third kappa shape index (κ3) is 4.32. The second-order valence-corrected chi connectivity index (χ2v) is 9.71. The number of ether oxygens (including phenoxy) is 1. The number of hydrogen-bond acceptors (Lipinski definition) is 5. The van der Waals surface area contributed by atoms with Crippen LogP contribution in [0.3, 0.4) is 0 Å². The molecule has 3 aromatic carbocycles. The van der Waals surface area contributed by atoms with Crippen LogP contribution in [-0.4, -0.2) is 20.9 Å². The van der Waals surface area contributed by atoms with Gasteiger partial charge in [0, 0.05) is 17.3 Å². The van der Waals surface area contributed by atoms with Crippen LogP contribution in [0.5, 0.6) is 11.5 Å². The standard InChI is InChI=1S/C22H18ClF3N4O3S/c23-16-4-8-18(9-5-16)33-19-10-6-17(7-11-19)30-20(13-27-22(30)28-34(31,32)29-22)14-2-1-3-15(12-14)21(24,25)26/h1-12,20,27-29H,13H2. The molecule has 178 valence electrons. The zero-order valence-electron chi connectivity index (χ0n) is 17.3. The van der Waals surface area contributed by atoms with E-state index < -0.39 is 33.9 Å². The summed E-state index contributed by atoms with van der Waals surface area (Å²) in [5.74, 6) is -0.271. The lowest BCUT2D eigenvalue weighted by Crippen LogP contribution is -2.84. The number of benzene rings is 3. The number of hydrogen-bond donors (Lipinski definition) is 3. The Hall–Kier alpha value is -2.83. The van der Waals surface area contributed by atoms with Gasteiger partial charge in [-0.05, 0) is 66.2 Å². The Morgan fingerprint density at radius 2 is 1.59 bits per heavy atom. The maximum Gasteiger partial charge on any atom is 0.416 e. The van der Waals surface area contributed by atoms with Gasteiger partial charge in [-0.2, -0.15) is 21.6 Å². The van der Waals surface area contributed by atoms with Crippen molar-refractivity contribution in [1.29, 1.82) is 0 Å². The number of nitrogens with one attached hydrogen (secondary N) is 3. The fraction of sp³-hybridized carbons (Fsp3) is 0.182. The molecular weight excluding hydrogens is 493 g/mol. The van der Waals surface area contributed by atoms with Gasteiger partial charge in [0.2, 0.25) is 5.91 Å². The van der Waals surface area contributed by atoms with Crippen LogP contribution < -0.4 is 24.4 Å². The molecule has 0 aliphatic carbocycles. The first-order chi connectivity index (χ1) is 16.0. The second-order valence-electron chi connectivity index (χ2n) is 7.86. The van der Waals surface area contributed by atoms with E-state index in [9.17, 15) is 21.6 Å². The van der Waals surface area contributed by atoms with Crippen molar-refractivity contribution in [3.05, 3.63) is 88.9 Å². The largest absolute Gasteiger partial charge is 0.457 e. The minimum Gasteiger partial charge on any atom is -0.457 e. The fourth-order valence-corrected chi connectivity index (χ4v) is 5.34. The quantitative estimate of drug-likeness (QED) is 0.486. The number of anilines is 1. The van der Waals surface area contributed by atoms with Crippen molar-refractivity contribution < 1.29 is 26.3 Å². The van der Waals surface area contributed by atoms with Crippen molar-refractivity contribution in [2.45, 2.75) is 18.1 Å². The van der Waals surface area contributed by atoms with Gasteiger partial charge in [-0.1, -0.05) is 23.7 Å². The van der Waals surface area contributed by atoms with Gasteiger partial charge in [0.1, 0.15) is 11.5 Å². The first kappa shape index (κ1) is 22.9. The fourth-order valence-electron chi connectivity index (χ4n) is 4.09. The highest BCUT2D eigenvalue weighted by molar-refractivity contribution is 7.88. The molecule has 7 nitrogen and oxygen atoms in total.